The normalized spacial score (nSPS) is 26.0. The van der Waals surface area contributed by atoms with Crippen molar-refractivity contribution in [2.24, 2.45) is 5.92 Å². The van der Waals surface area contributed by atoms with Crippen LogP contribution in [0.5, 0.6) is 0 Å². The highest BCUT2D eigenvalue weighted by Gasteiger charge is 2.60. The Morgan fingerprint density at radius 3 is 2.54 bits per heavy atom. The number of alkyl carbamates (subject to hydrolysis) is 1. The van der Waals surface area contributed by atoms with Crippen LogP contribution in [0.3, 0.4) is 0 Å². The number of carbonyl (C=O) groups is 4. The number of carbonyl (C=O) groups excluding carboxylic acids is 4. The van der Waals surface area contributed by atoms with E-state index < -0.39 is 29.3 Å². The third-order valence-electron chi connectivity index (χ3n) is 6.89. The molecule has 3 rings (SSSR count). The summed E-state index contributed by atoms with van der Waals surface area (Å²) in [5.74, 6) is -0.883. The third-order valence-corrected chi connectivity index (χ3v) is 8.00. The molecule has 208 valence electrons. The summed E-state index contributed by atoms with van der Waals surface area (Å²) in [5, 5.41) is 6.06. The number of ether oxygens (including phenoxy) is 1. The highest BCUT2D eigenvalue weighted by atomic mass is 32.2. The highest BCUT2D eigenvalue weighted by molar-refractivity contribution is 7.98. The molecule has 37 heavy (non-hydrogen) atoms. The summed E-state index contributed by atoms with van der Waals surface area (Å²) >= 11 is 1.44. The lowest BCUT2D eigenvalue weighted by Gasteiger charge is -2.29. The fourth-order valence-electron chi connectivity index (χ4n) is 4.57. The molecule has 2 aliphatic carbocycles. The first kappa shape index (κ1) is 29.3. The summed E-state index contributed by atoms with van der Waals surface area (Å²) < 4.78 is 8.22. The predicted molar refractivity (Wildman–Crippen MR) is 145 cm³/mol. The van der Waals surface area contributed by atoms with Crippen LogP contribution in [-0.4, -0.2) is 63.7 Å². The van der Waals surface area contributed by atoms with Crippen LogP contribution in [0.1, 0.15) is 92.4 Å². The Bertz CT molecular complexity index is 885. The van der Waals surface area contributed by atoms with Gasteiger partial charge < -0.3 is 20.3 Å². The van der Waals surface area contributed by atoms with Gasteiger partial charge in [-0.05, 0) is 84.6 Å². The molecule has 0 spiro atoms. The predicted octanol–water partition coefficient (Wildman–Crippen LogP) is 3.83. The van der Waals surface area contributed by atoms with Crippen LogP contribution in [0.2, 0.25) is 0 Å². The standard InChI is InChI=1S/C27H44N4O5S/c1-6-7-8-9-10-12-19-17-27(19,24(34)30-37-20-14-15-20)29-22(32)21-13-11-16-31(21)23(33)18(2)28-25(35)36-26(3,4)5/h10,12,18-21H,6-9,11,13-17H2,1-5H3,(H,28,35)(H,29,32)(H,30,34)/b12-10-/t18-,19?,21?,27?/m0/s1. The molecular formula is C27H44N4O5S. The van der Waals surface area contributed by atoms with E-state index in [1.807, 2.05) is 0 Å². The van der Waals surface area contributed by atoms with E-state index in [2.05, 4.69) is 34.4 Å². The number of amides is 4. The molecule has 2 saturated carbocycles. The van der Waals surface area contributed by atoms with E-state index in [9.17, 15) is 19.2 Å². The SMILES string of the molecule is CCCCC/C=C\C1CC1(NC(=O)C1CCCN1C(=O)[C@H](C)NC(=O)OC(C)(C)C)C(=O)NSC1CC1. The average molecular weight is 537 g/mol. The molecule has 9 nitrogen and oxygen atoms in total. The van der Waals surface area contributed by atoms with Crippen molar-refractivity contribution in [2.75, 3.05) is 6.54 Å². The lowest BCUT2D eigenvalue weighted by atomic mass is 10.1. The van der Waals surface area contributed by atoms with Gasteiger partial charge in [-0.15, -0.1) is 0 Å². The van der Waals surface area contributed by atoms with Gasteiger partial charge in [-0.3, -0.25) is 19.1 Å². The molecule has 4 amide bonds. The molecule has 10 heteroatoms. The van der Waals surface area contributed by atoms with Gasteiger partial charge in [0.25, 0.3) is 5.91 Å². The Kier molecular flexibility index (Phi) is 9.94. The molecule has 0 radical (unpaired) electrons. The van der Waals surface area contributed by atoms with Crippen molar-refractivity contribution in [1.29, 1.82) is 0 Å². The summed E-state index contributed by atoms with van der Waals surface area (Å²) in [4.78, 5) is 53.4. The maximum Gasteiger partial charge on any atom is 0.408 e. The number of hydrogen-bond donors (Lipinski definition) is 3. The van der Waals surface area contributed by atoms with E-state index in [-0.39, 0.29) is 23.6 Å². The minimum atomic E-state index is -0.974. The number of rotatable bonds is 12. The Morgan fingerprint density at radius 2 is 1.89 bits per heavy atom. The zero-order valence-corrected chi connectivity index (χ0v) is 23.7. The molecule has 1 aliphatic heterocycles. The van der Waals surface area contributed by atoms with Gasteiger partial charge in [-0.25, -0.2) is 4.79 Å². The van der Waals surface area contributed by atoms with Gasteiger partial charge in [-0.2, -0.15) is 0 Å². The van der Waals surface area contributed by atoms with Gasteiger partial charge in [0.1, 0.15) is 23.2 Å². The molecule has 1 saturated heterocycles. The Morgan fingerprint density at radius 1 is 1.16 bits per heavy atom. The van der Waals surface area contributed by atoms with Crippen molar-refractivity contribution in [3.63, 3.8) is 0 Å². The molecule has 3 fully saturated rings. The topological polar surface area (TPSA) is 117 Å². The summed E-state index contributed by atoms with van der Waals surface area (Å²) in [7, 11) is 0. The van der Waals surface area contributed by atoms with E-state index in [1.54, 1.807) is 27.7 Å². The second-order valence-corrected chi connectivity index (χ2v) is 12.6. The van der Waals surface area contributed by atoms with Gasteiger partial charge in [0, 0.05) is 17.7 Å². The number of nitrogens with one attached hydrogen (secondary N) is 3. The Labute approximate surface area is 225 Å². The first-order valence-corrected chi connectivity index (χ1v) is 14.6. The van der Waals surface area contributed by atoms with Gasteiger partial charge in [-0.1, -0.05) is 31.9 Å². The van der Waals surface area contributed by atoms with Gasteiger partial charge in [0.2, 0.25) is 11.8 Å². The van der Waals surface area contributed by atoms with Crippen LogP contribution in [0.15, 0.2) is 12.2 Å². The van der Waals surface area contributed by atoms with Crippen molar-refractivity contribution < 1.29 is 23.9 Å². The molecular weight excluding hydrogens is 492 g/mol. The van der Waals surface area contributed by atoms with Crippen LogP contribution < -0.4 is 15.4 Å². The van der Waals surface area contributed by atoms with Crippen LogP contribution in [0.25, 0.3) is 0 Å². The number of allylic oxidation sites excluding steroid dienone is 1. The summed E-state index contributed by atoms with van der Waals surface area (Å²) in [5.41, 5.74) is -1.65. The molecule has 0 aromatic rings. The van der Waals surface area contributed by atoms with Crippen molar-refractivity contribution in [1.82, 2.24) is 20.3 Å². The summed E-state index contributed by atoms with van der Waals surface area (Å²) in [6.45, 7) is 9.43. The first-order valence-electron chi connectivity index (χ1n) is 13.7. The van der Waals surface area contributed by atoms with Crippen LogP contribution >= 0.6 is 11.9 Å². The number of nitrogens with zero attached hydrogens (tertiary/aromatic N) is 1. The molecule has 3 N–H and O–H groups in total. The van der Waals surface area contributed by atoms with E-state index in [0.717, 1.165) is 32.1 Å². The average Bonchev–Trinajstić information content (AvgIpc) is 3.72. The quantitative estimate of drug-likeness (QED) is 0.198. The van der Waals surface area contributed by atoms with E-state index in [1.165, 1.54) is 23.3 Å². The fraction of sp³-hybridized carbons (Fsp3) is 0.778. The second-order valence-electron chi connectivity index (χ2n) is 11.5. The lowest BCUT2D eigenvalue weighted by Crippen LogP contribution is -2.57. The van der Waals surface area contributed by atoms with Crippen LogP contribution in [0, 0.1) is 5.92 Å². The highest BCUT2D eigenvalue weighted by Crippen LogP contribution is 2.46. The molecule has 3 aliphatic rings. The number of hydrogen-bond acceptors (Lipinski definition) is 6. The van der Waals surface area contributed by atoms with E-state index in [4.69, 9.17) is 4.74 Å². The molecule has 0 bridgehead atoms. The van der Waals surface area contributed by atoms with Gasteiger partial charge in [0.05, 0.1) is 0 Å². The first-order chi connectivity index (χ1) is 17.5. The van der Waals surface area contributed by atoms with E-state index >= 15 is 0 Å². The molecule has 3 unspecified atom stereocenters. The summed E-state index contributed by atoms with van der Waals surface area (Å²) in [6, 6.07) is -1.51. The molecule has 0 aromatic carbocycles. The zero-order valence-electron chi connectivity index (χ0n) is 22.9. The largest absolute Gasteiger partial charge is 0.444 e. The van der Waals surface area contributed by atoms with Crippen LogP contribution in [0.4, 0.5) is 4.79 Å². The smallest absolute Gasteiger partial charge is 0.408 e. The van der Waals surface area contributed by atoms with Crippen molar-refractivity contribution >= 4 is 35.8 Å². The van der Waals surface area contributed by atoms with Crippen molar-refractivity contribution in [3.8, 4) is 0 Å². The van der Waals surface area contributed by atoms with Gasteiger partial charge >= 0.3 is 6.09 Å². The minimum absolute atomic E-state index is 0.0591. The van der Waals surface area contributed by atoms with Crippen molar-refractivity contribution in [3.05, 3.63) is 12.2 Å². The zero-order chi connectivity index (χ0) is 27.2. The van der Waals surface area contributed by atoms with E-state index in [0.29, 0.717) is 31.1 Å². The Balaban J connectivity index is 1.62. The maximum atomic E-state index is 13.4. The fourth-order valence-corrected chi connectivity index (χ4v) is 5.40. The van der Waals surface area contributed by atoms with Gasteiger partial charge in [0.15, 0.2) is 0 Å². The molecule has 0 aromatic heterocycles. The minimum Gasteiger partial charge on any atom is -0.444 e. The summed E-state index contributed by atoms with van der Waals surface area (Å²) in [6.07, 6.45) is 11.8. The number of unbranched alkanes of at least 4 members (excludes halogenated alkanes) is 3. The van der Waals surface area contributed by atoms with Crippen molar-refractivity contribution in [2.45, 2.75) is 121 Å². The number of likely N-dealkylation sites (tertiary alicyclic amines) is 1. The molecule has 1 heterocycles. The lowest BCUT2D eigenvalue weighted by molar-refractivity contribution is -0.140. The second kappa shape index (κ2) is 12.5. The Hall–Kier alpha value is -2.23. The monoisotopic (exact) mass is 536 g/mol. The van der Waals surface area contributed by atoms with Crippen LogP contribution in [-0.2, 0) is 19.1 Å². The maximum absolute atomic E-state index is 13.4. The third kappa shape index (κ3) is 8.38. The molecule has 4 atom stereocenters.